The Bertz CT molecular complexity index is 1050. The first-order valence-electron chi connectivity index (χ1n) is 8.94. The van der Waals surface area contributed by atoms with E-state index >= 15 is 0 Å². The van der Waals surface area contributed by atoms with Crippen molar-refractivity contribution in [3.63, 3.8) is 0 Å². The van der Waals surface area contributed by atoms with Gasteiger partial charge in [0.15, 0.2) is 17.5 Å². The van der Waals surface area contributed by atoms with E-state index in [9.17, 15) is 9.59 Å². The van der Waals surface area contributed by atoms with Crippen LogP contribution in [0.5, 0.6) is 0 Å². The standard InChI is InChI=1S/C19H21N5O4S/c1-3-27-19(26)14(16-12(10-29)9-11(2)28-16)20-17-15(18(25)24-23-17)22-21-13-7-5-4-6-8-13/h4-9,14,29H,3,10H2,1-2H3,(H3,20,23,24,25). The predicted molar refractivity (Wildman–Crippen MR) is 111 cm³/mol. The second-order valence-corrected chi connectivity index (χ2v) is 6.39. The number of hydrogen-bond acceptors (Lipinski definition) is 8. The number of aromatic amines is 2. The molecule has 3 aromatic rings. The van der Waals surface area contributed by atoms with Gasteiger partial charge in [-0.25, -0.2) is 4.79 Å². The van der Waals surface area contributed by atoms with E-state index in [1.165, 1.54) is 0 Å². The summed E-state index contributed by atoms with van der Waals surface area (Å²) in [7, 11) is 0. The molecule has 2 aromatic heterocycles. The molecule has 0 aliphatic rings. The first-order valence-corrected chi connectivity index (χ1v) is 9.57. The van der Waals surface area contributed by atoms with Gasteiger partial charge in [0.1, 0.15) is 11.5 Å². The van der Waals surface area contributed by atoms with Crippen molar-refractivity contribution in [1.82, 2.24) is 10.2 Å². The van der Waals surface area contributed by atoms with Gasteiger partial charge in [0, 0.05) is 11.3 Å². The highest BCUT2D eigenvalue weighted by Crippen LogP contribution is 2.30. The molecule has 1 aromatic carbocycles. The predicted octanol–water partition coefficient (Wildman–Crippen LogP) is 4.17. The Labute approximate surface area is 172 Å². The lowest BCUT2D eigenvalue weighted by Crippen LogP contribution is -2.24. The van der Waals surface area contributed by atoms with Gasteiger partial charge in [-0.1, -0.05) is 18.2 Å². The maximum absolute atomic E-state index is 12.6. The van der Waals surface area contributed by atoms with Gasteiger partial charge in [-0.05, 0) is 32.0 Å². The van der Waals surface area contributed by atoms with Crippen LogP contribution in [-0.2, 0) is 15.3 Å². The van der Waals surface area contributed by atoms with E-state index in [1.807, 2.05) is 18.2 Å². The summed E-state index contributed by atoms with van der Waals surface area (Å²) < 4.78 is 10.9. The largest absolute Gasteiger partial charge is 0.464 e. The molecular formula is C19H21N5O4S. The maximum Gasteiger partial charge on any atom is 0.336 e. The molecule has 9 nitrogen and oxygen atoms in total. The van der Waals surface area contributed by atoms with E-state index in [0.29, 0.717) is 23.0 Å². The van der Waals surface area contributed by atoms with E-state index in [1.54, 1.807) is 32.0 Å². The van der Waals surface area contributed by atoms with Crippen LogP contribution >= 0.6 is 12.6 Å². The lowest BCUT2D eigenvalue weighted by atomic mass is 10.1. The number of ether oxygens (including phenoxy) is 1. The Morgan fingerprint density at radius 3 is 2.72 bits per heavy atom. The zero-order valence-corrected chi connectivity index (χ0v) is 16.8. The summed E-state index contributed by atoms with van der Waals surface area (Å²) in [6.07, 6.45) is 0. The number of aryl methyl sites for hydroxylation is 1. The third-order valence-electron chi connectivity index (χ3n) is 3.98. The highest BCUT2D eigenvalue weighted by atomic mass is 32.1. The van der Waals surface area contributed by atoms with Crippen LogP contribution in [-0.4, -0.2) is 22.8 Å². The molecule has 0 saturated heterocycles. The molecule has 0 fully saturated rings. The molecular weight excluding hydrogens is 394 g/mol. The highest BCUT2D eigenvalue weighted by Gasteiger charge is 2.30. The number of H-pyrrole nitrogens is 2. The first-order chi connectivity index (χ1) is 14.0. The van der Waals surface area contributed by atoms with Crippen LogP contribution in [0.4, 0.5) is 17.2 Å². The van der Waals surface area contributed by atoms with E-state index in [0.717, 1.165) is 5.56 Å². The molecule has 29 heavy (non-hydrogen) atoms. The fourth-order valence-corrected chi connectivity index (χ4v) is 2.95. The average Bonchev–Trinajstić information content (AvgIpc) is 3.27. The molecule has 10 heteroatoms. The van der Waals surface area contributed by atoms with Crippen molar-refractivity contribution in [2.45, 2.75) is 25.6 Å². The highest BCUT2D eigenvalue weighted by molar-refractivity contribution is 7.79. The molecule has 0 amide bonds. The fraction of sp³-hybridized carbons (Fsp3) is 0.263. The van der Waals surface area contributed by atoms with Gasteiger partial charge in [-0.15, -0.1) is 5.11 Å². The van der Waals surface area contributed by atoms with E-state index in [2.05, 4.69) is 38.4 Å². The number of benzene rings is 1. The summed E-state index contributed by atoms with van der Waals surface area (Å²) >= 11 is 4.30. The minimum absolute atomic E-state index is 0.00106. The summed E-state index contributed by atoms with van der Waals surface area (Å²) in [4.78, 5) is 24.8. The SMILES string of the molecule is CCOC(=O)C(Nc1[nH][nH]c(=O)c1N=Nc1ccccc1)c1oc(C)cc1CS. The number of rotatable bonds is 8. The van der Waals surface area contributed by atoms with Crippen molar-refractivity contribution >= 4 is 35.8 Å². The molecule has 0 aliphatic carbocycles. The number of azo groups is 1. The Kier molecular flexibility index (Phi) is 6.55. The number of esters is 1. The minimum atomic E-state index is -0.997. The molecule has 1 atom stereocenters. The second-order valence-electron chi connectivity index (χ2n) is 6.07. The molecule has 152 valence electrons. The van der Waals surface area contributed by atoms with Crippen molar-refractivity contribution in [2.75, 3.05) is 11.9 Å². The topological polar surface area (TPSA) is 125 Å². The summed E-state index contributed by atoms with van der Waals surface area (Å²) in [6, 6.07) is 9.78. The Balaban J connectivity index is 1.95. The Hall–Kier alpha value is -3.27. The number of furan rings is 1. The van der Waals surface area contributed by atoms with Gasteiger partial charge in [0.05, 0.1) is 12.3 Å². The maximum atomic E-state index is 12.6. The van der Waals surface area contributed by atoms with Crippen molar-refractivity contribution in [1.29, 1.82) is 0 Å². The molecule has 0 radical (unpaired) electrons. The number of carbonyl (C=O) groups is 1. The quantitative estimate of drug-likeness (QED) is 0.250. The number of carbonyl (C=O) groups excluding carboxylic acids is 1. The van der Waals surface area contributed by atoms with Gasteiger partial charge in [-0.3, -0.25) is 15.0 Å². The molecule has 0 saturated carbocycles. The molecule has 0 bridgehead atoms. The summed E-state index contributed by atoms with van der Waals surface area (Å²) in [5, 5.41) is 16.2. The normalized spacial score (nSPS) is 12.2. The van der Waals surface area contributed by atoms with E-state index in [-0.39, 0.29) is 18.1 Å². The molecule has 2 heterocycles. The number of thiol groups is 1. The zero-order valence-electron chi connectivity index (χ0n) is 15.9. The van der Waals surface area contributed by atoms with Crippen molar-refractivity contribution in [3.05, 3.63) is 63.8 Å². The average molecular weight is 415 g/mol. The first kappa shape index (κ1) is 20.5. The van der Waals surface area contributed by atoms with Crippen LogP contribution in [0.2, 0.25) is 0 Å². The van der Waals surface area contributed by atoms with Gasteiger partial charge < -0.3 is 14.5 Å². The number of nitrogens with one attached hydrogen (secondary N) is 3. The Morgan fingerprint density at radius 1 is 1.28 bits per heavy atom. The van der Waals surface area contributed by atoms with Gasteiger partial charge in [-0.2, -0.15) is 17.7 Å². The third kappa shape index (κ3) is 4.77. The number of anilines is 1. The summed E-state index contributed by atoms with van der Waals surface area (Å²) in [5.74, 6) is 0.995. The monoisotopic (exact) mass is 415 g/mol. The Morgan fingerprint density at radius 2 is 2.03 bits per heavy atom. The molecule has 0 spiro atoms. The van der Waals surface area contributed by atoms with E-state index < -0.39 is 17.6 Å². The molecule has 3 rings (SSSR count). The van der Waals surface area contributed by atoms with Crippen molar-refractivity contribution in [3.8, 4) is 0 Å². The minimum Gasteiger partial charge on any atom is -0.464 e. The van der Waals surface area contributed by atoms with Crippen LogP contribution in [0, 0.1) is 6.92 Å². The summed E-state index contributed by atoms with van der Waals surface area (Å²) in [5.41, 5.74) is 0.834. The van der Waals surface area contributed by atoms with Gasteiger partial charge in [0.25, 0.3) is 5.56 Å². The van der Waals surface area contributed by atoms with Crippen molar-refractivity contribution < 1.29 is 13.9 Å². The summed E-state index contributed by atoms with van der Waals surface area (Å²) in [6.45, 7) is 3.67. The van der Waals surface area contributed by atoms with Crippen molar-refractivity contribution in [2.24, 2.45) is 10.2 Å². The lowest BCUT2D eigenvalue weighted by molar-refractivity contribution is -0.144. The molecule has 1 unspecified atom stereocenters. The fourth-order valence-electron chi connectivity index (χ4n) is 2.71. The number of nitrogens with zero attached hydrogens (tertiary/aromatic N) is 2. The van der Waals surface area contributed by atoms with Gasteiger partial charge in [0.2, 0.25) is 0 Å². The van der Waals surface area contributed by atoms with E-state index in [4.69, 9.17) is 9.15 Å². The third-order valence-corrected chi connectivity index (χ3v) is 4.32. The van der Waals surface area contributed by atoms with Crippen LogP contribution in [0.25, 0.3) is 0 Å². The van der Waals surface area contributed by atoms with Crippen LogP contribution in [0.3, 0.4) is 0 Å². The zero-order chi connectivity index (χ0) is 20.8. The molecule has 3 N–H and O–H groups in total. The lowest BCUT2D eigenvalue weighted by Gasteiger charge is -2.16. The number of aromatic nitrogens is 2. The van der Waals surface area contributed by atoms with Crippen LogP contribution in [0.1, 0.15) is 30.0 Å². The van der Waals surface area contributed by atoms with Gasteiger partial charge >= 0.3 is 5.97 Å². The smallest absolute Gasteiger partial charge is 0.336 e. The van der Waals surface area contributed by atoms with Crippen LogP contribution < -0.4 is 10.9 Å². The second kappa shape index (κ2) is 9.28. The van der Waals surface area contributed by atoms with Crippen LogP contribution in [0.15, 0.2) is 55.8 Å². The number of hydrogen-bond donors (Lipinski definition) is 4. The molecule has 0 aliphatic heterocycles.